The number of carbonyl (C=O) groups is 2. The van der Waals surface area contributed by atoms with Crippen molar-refractivity contribution in [1.29, 1.82) is 0 Å². The molecule has 13 nitrogen and oxygen atoms in total. The molecule has 0 radical (unpaired) electrons. The highest BCUT2D eigenvalue weighted by Gasteiger charge is 2.39. The molecule has 0 saturated heterocycles. The van der Waals surface area contributed by atoms with Gasteiger partial charge in [0.05, 0.1) is 38.1 Å². The van der Waals surface area contributed by atoms with Gasteiger partial charge >= 0.3 is 19.8 Å². The second-order valence-corrected chi connectivity index (χ2v) is 18.0. The molecule has 1 fully saturated rings. The Bertz CT molecular complexity index is 1150. The number of carbonyl (C=O) groups excluding carboxylic acids is 2. The lowest BCUT2D eigenvalue weighted by Crippen LogP contribution is -2.29. The molecule has 0 amide bonds. The lowest BCUT2D eigenvalue weighted by molar-refractivity contribution is -0.161. The number of hydrogen-bond donors (Lipinski definition) is 6. The third-order valence-corrected chi connectivity index (χ3v) is 11.6. The largest absolute Gasteiger partial charge is 0.472 e. The maximum absolute atomic E-state index is 12.7. The van der Waals surface area contributed by atoms with Crippen LogP contribution in [0.15, 0.2) is 24.3 Å². The standard InChI is InChI=1S/C44H81O13P/c1-4-5-18-24-36(46)28-29-40-39(41(48)30-42(40)49)25-20-16-17-22-27-44(51)57-38(34-56-58(52,53)55-32-37(47)31-45)33-54-43(50)26-21-15-13-11-9-7-6-8-10-12-14-19-23-35(2)3/h16,20,28-29,35-42,45-49H,4-15,17-19,21-27,30-34H2,1-3H3,(H,52,53)/b20-16+,29-28+/t36-,37-,38+,39+,40+,41-,42+/m0/s1. The molecule has 58 heavy (non-hydrogen) atoms. The zero-order valence-electron chi connectivity index (χ0n) is 36.0. The monoisotopic (exact) mass is 849 g/mol. The lowest BCUT2D eigenvalue weighted by atomic mass is 9.89. The van der Waals surface area contributed by atoms with Gasteiger partial charge in [0.25, 0.3) is 0 Å². The molecule has 0 aromatic carbocycles. The van der Waals surface area contributed by atoms with Crippen molar-refractivity contribution in [3.05, 3.63) is 24.3 Å². The Hall–Kier alpha value is -1.67. The van der Waals surface area contributed by atoms with Crippen LogP contribution < -0.4 is 0 Å². The number of allylic oxidation sites excluding steroid dienone is 2. The van der Waals surface area contributed by atoms with Crippen LogP contribution in [0.5, 0.6) is 0 Å². The van der Waals surface area contributed by atoms with Crippen LogP contribution >= 0.6 is 7.82 Å². The fraction of sp³-hybridized carbons (Fsp3) is 0.864. The van der Waals surface area contributed by atoms with Gasteiger partial charge < -0.3 is 39.9 Å². The number of unbranched alkanes of at least 4 members (excludes halogenated alkanes) is 14. The van der Waals surface area contributed by atoms with Crippen LogP contribution in [0.25, 0.3) is 0 Å². The van der Waals surface area contributed by atoms with E-state index in [9.17, 15) is 39.5 Å². The average molecular weight is 849 g/mol. The number of aliphatic hydroxyl groups excluding tert-OH is 5. The summed E-state index contributed by atoms with van der Waals surface area (Å²) in [6.07, 6.45) is 23.9. The smallest absolute Gasteiger partial charge is 0.462 e. The second-order valence-electron chi connectivity index (χ2n) is 16.5. The van der Waals surface area contributed by atoms with E-state index in [4.69, 9.17) is 19.1 Å². The van der Waals surface area contributed by atoms with Crippen molar-refractivity contribution in [1.82, 2.24) is 0 Å². The van der Waals surface area contributed by atoms with Gasteiger partial charge in [-0.3, -0.25) is 18.6 Å². The van der Waals surface area contributed by atoms with Crippen LogP contribution in [-0.2, 0) is 32.7 Å². The van der Waals surface area contributed by atoms with Crippen molar-refractivity contribution in [2.45, 2.75) is 199 Å². The summed E-state index contributed by atoms with van der Waals surface area (Å²) in [6, 6.07) is 0. The van der Waals surface area contributed by atoms with Crippen molar-refractivity contribution in [3.63, 3.8) is 0 Å². The molecule has 1 saturated carbocycles. The molecule has 340 valence electrons. The van der Waals surface area contributed by atoms with Crippen LogP contribution in [-0.4, -0.2) is 99.3 Å². The number of hydrogen-bond acceptors (Lipinski definition) is 12. The Kier molecular flexibility index (Phi) is 31.8. The number of phosphoric acid groups is 1. The number of esters is 2. The zero-order valence-corrected chi connectivity index (χ0v) is 36.9. The molecule has 14 heteroatoms. The van der Waals surface area contributed by atoms with E-state index in [1.807, 2.05) is 18.2 Å². The molecular formula is C44H81O13P. The summed E-state index contributed by atoms with van der Waals surface area (Å²) in [5.74, 6) is -0.776. The first-order chi connectivity index (χ1) is 27.8. The van der Waals surface area contributed by atoms with Crippen molar-refractivity contribution in [2.24, 2.45) is 17.8 Å². The molecule has 0 heterocycles. The van der Waals surface area contributed by atoms with E-state index in [0.29, 0.717) is 32.1 Å². The van der Waals surface area contributed by atoms with Gasteiger partial charge in [-0.1, -0.05) is 141 Å². The fourth-order valence-electron chi connectivity index (χ4n) is 7.05. The van der Waals surface area contributed by atoms with E-state index in [1.165, 1.54) is 57.8 Å². The maximum Gasteiger partial charge on any atom is 0.472 e. The van der Waals surface area contributed by atoms with Gasteiger partial charge in [0.2, 0.25) is 0 Å². The van der Waals surface area contributed by atoms with Gasteiger partial charge in [-0.25, -0.2) is 4.57 Å². The minimum absolute atomic E-state index is 0.00918. The topological polar surface area (TPSA) is 210 Å². The molecule has 0 spiro atoms. The summed E-state index contributed by atoms with van der Waals surface area (Å²) in [6.45, 7) is 4.32. The lowest BCUT2D eigenvalue weighted by Gasteiger charge is -2.20. The molecule has 0 bridgehead atoms. The summed E-state index contributed by atoms with van der Waals surface area (Å²) in [5, 5.41) is 49.7. The first-order valence-electron chi connectivity index (χ1n) is 22.4. The normalized spacial score (nSPS) is 21.1. The second kappa shape index (κ2) is 34.0. The minimum Gasteiger partial charge on any atom is -0.462 e. The number of rotatable bonds is 37. The van der Waals surface area contributed by atoms with E-state index in [2.05, 4.69) is 25.3 Å². The predicted molar refractivity (Wildman–Crippen MR) is 226 cm³/mol. The van der Waals surface area contributed by atoms with Crippen LogP contribution in [0.3, 0.4) is 0 Å². The summed E-state index contributed by atoms with van der Waals surface area (Å²) in [4.78, 5) is 35.2. The molecule has 1 rings (SSSR count). The highest BCUT2D eigenvalue weighted by molar-refractivity contribution is 7.47. The molecule has 1 aliphatic carbocycles. The van der Waals surface area contributed by atoms with Gasteiger partial charge in [-0.15, -0.1) is 0 Å². The summed E-state index contributed by atoms with van der Waals surface area (Å²) >= 11 is 0. The highest BCUT2D eigenvalue weighted by Crippen LogP contribution is 2.43. The molecule has 0 aliphatic heterocycles. The van der Waals surface area contributed by atoms with Crippen molar-refractivity contribution >= 4 is 19.8 Å². The van der Waals surface area contributed by atoms with Gasteiger partial charge in [0.1, 0.15) is 12.7 Å². The van der Waals surface area contributed by atoms with Crippen molar-refractivity contribution in [3.8, 4) is 0 Å². The highest BCUT2D eigenvalue weighted by atomic mass is 31.2. The number of aliphatic hydroxyl groups is 5. The Morgan fingerprint density at radius 3 is 1.95 bits per heavy atom. The van der Waals surface area contributed by atoms with E-state index in [-0.39, 0.29) is 37.7 Å². The van der Waals surface area contributed by atoms with Gasteiger partial charge in [0, 0.05) is 25.2 Å². The molecule has 1 aliphatic rings. The minimum atomic E-state index is -4.69. The van der Waals surface area contributed by atoms with Crippen LogP contribution in [0.1, 0.15) is 168 Å². The van der Waals surface area contributed by atoms with E-state index < -0.39 is 70.1 Å². The predicted octanol–water partition coefficient (Wildman–Crippen LogP) is 8.02. The molecular weight excluding hydrogens is 767 g/mol. The van der Waals surface area contributed by atoms with E-state index >= 15 is 0 Å². The SMILES string of the molecule is CCCCC[C@H](O)/C=C/[C@@H]1[C@@H](C/C=C/CCCC(=O)O[C@H](COC(=O)CCCCCCCCCCCCCCC(C)C)COP(=O)(O)OC[C@@H](O)CO)[C@@H](O)C[C@H]1O. The number of ether oxygens (including phenoxy) is 2. The molecule has 1 unspecified atom stereocenters. The van der Waals surface area contributed by atoms with Gasteiger partial charge in [-0.2, -0.15) is 0 Å². The van der Waals surface area contributed by atoms with Crippen LogP contribution in [0, 0.1) is 17.8 Å². The Morgan fingerprint density at radius 2 is 1.33 bits per heavy atom. The average Bonchev–Trinajstić information content (AvgIpc) is 3.45. The molecule has 0 aromatic rings. The summed E-state index contributed by atoms with van der Waals surface area (Å²) < 4.78 is 32.7. The third-order valence-electron chi connectivity index (χ3n) is 10.6. The third kappa shape index (κ3) is 28.7. The fourth-order valence-corrected chi connectivity index (χ4v) is 7.84. The Labute approximate surface area is 349 Å². The van der Waals surface area contributed by atoms with E-state index in [0.717, 1.165) is 44.4 Å². The quantitative estimate of drug-likeness (QED) is 0.0152. The van der Waals surface area contributed by atoms with Gasteiger partial charge in [-0.05, 0) is 43.9 Å². The summed E-state index contributed by atoms with van der Waals surface area (Å²) in [5.41, 5.74) is 0. The van der Waals surface area contributed by atoms with E-state index in [1.54, 1.807) is 6.08 Å². The maximum atomic E-state index is 12.7. The first-order valence-corrected chi connectivity index (χ1v) is 23.9. The Balaban J connectivity index is 2.47. The first kappa shape index (κ1) is 54.3. The van der Waals surface area contributed by atoms with Crippen LogP contribution in [0.2, 0.25) is 0 Å². The molecule has 0 aromatic heterocycles. The molecule has 6 N–H and O–H groups in total. The Morgan fingerprint density at radius 1 is 0.741 bits per heavy atom. The zero-order chi connectivity index (χ0) is 43.0. The van der Waals surface area contributed by atoms with Crippen LogP contribution in [0.4, 0.5) is 0 Å². The number of phosphoric ester groups is 1. The molecule has 8 atom stereocenters. The van der Waals surface area contributed by atoms with Crippen molar-refractivity contribution < 1.29 is 63.1 Å². The van der Waals surface area contributed by atoms with Crippen molar-refractivity contribution in [2.75, 3.05) is 26.4 Å². The summed E-state index contributed by atoms with van der Waals surface area (Å²) in [7, 11) is -4.69. The van der Waals surface area contributed by atoms with Gasteiger partial charge in [0.15, 0.2) is 6.10 Å².